The second-order valence-electron chi connectivity index (χ2n) is 5.90. The quantitative estimate of drug-likeness (QED) is 0.799. The maximum Gasteiger partial charge on any atom is 0.293 e. The molecule has 24 heavy (non-hydrogen) atoms. The van der Waals surface area contributed by atoms with Gasteiger partial charge in [0.05, 0.1) is 18.4 Å². The van der Waals surface area contributed by atoms with Gasteiger partial charge in [0.25, 0.3) is 11.7 Å². The molecule has 1 N–H and O–H groups in total. The van der Waals surface area contributed by atoms with E-state index in [0.29, 0.717) is 5.89 Å². The first-order chi connectivity index (χ1) is 11.7. The van der Waals surface area contributed by atoms with Crippen molar-refractivity contribution in [2.45, 2.75) is 31.8 Å². The molecule has 1 aromatic carbocycles. The van der Waals surface area contributed by atoms with E-state index in [9.17, 15) is 4.79 Å². The topological polar surface area (TPSA) is 85.8 Å². The number of aromatic nitrogens is 4. The molecule has 0 radical (unpaired) electrons. The van der Waals surface area contributed by atoms with E-state index < -0.39 is 0 Å². The van der Waals surface area contributed by atoms with Crippen molar-refractivity contribution in [2.75, 3.05) is 0 Å². The van der Waals surface area contributed by atoms with E-state index in [1.54, 1.807) is 19.4 Å². The summed E-state index contributed by atoms with van der Waals surface area (Å²) in [6.07, 6.45) is 7.35. The van der Waals surface area contributed by atoms with Gasteiger partial charge in [0, 0.05) is 19.3 Å². The number of rotatable bonds is 3. The lowest BCUT2D eigenvalue weighted by Crippen LogP contribution is -2.37. The van der Waals surface area contributed by atoms with Crippen LogP contribution < -0.4 is 5.32 Å². The van der Waals surface area contributed by atoms with Crippen molar-refractivity contribution in [1.29, 1.82) is 0 Å². The minimum Gasteiger partial charge on any atom is -0.340 e. The van der Waals surface area contributed by atoms with Crippen molar-refractivity contribution < 1.29 is 9.32 Å². The van der Waals surface area contributed by atoms with Gasteiger partial charge in [-0.3, -0.25) is 4.79 Å². The summed E-state index contributed by atoms with van der Waals surface area (Å²) in [6.45, 7) is 1.66. The van der Waals surface area contributed by atoms with Crippen LogP contribution in [-0.4, -0.2) is 25.6 Å². The lowest BCUT2D eigenvalue weighted by molar-refractivity contribution is 0.0904. The zero-order valence-corrected chi connectivity index (χ0v) is 13.2. The molecule has 0 bridgehead atoms. The molecule has 2 heterocycles. The monoisotopic (exact) mass is 323 g/mol. The largest absolute Gasteiger partial charge is 0.340 e. The lowest BCUT2D eigenvalue weighted by Gasteiger charge is -2.34. The number of hydrogen-bond donors (Lipinski definition) is 1. The highest BCUT2D eigenvalue weighted by Crippen LogP contribution is 2.37. The molecule has 0 saturated carbocycles. The van der Waals surface area contributed by atoms with Crippen LogP contribution in [0.2, 0.25) is 0 Å². The number of hydrogen-bond acceptors (Lipinski definition) is 5. The van der Waals surface area contributed by atoms with Gasteiger partial charge in [0.1, 0.15) is 0 Å². The van der Waals surface area contributed by atoms with Crippen molar-refractivity contribution in [3.63, 3.8) is 0 Å². The number of aryl methyl sites for hydroxylation is 2. The standard InChI is InChI=1S/C17H17N5O2/c1-11-19-16(21-24-11)17(23)20-15-13-5-3-2-4-12(13)6-7-14(15)22-9-8-18-10-22/h2-5,8-10,14-15H,6-7H2,1H3,(H,20,23). The average Bonchev–Trinajstić information content (AvgIpc) is 3.27. The van der Waals surface area contributed by atoms with Crippen LogP contribution in [0.15, 0.2) is 47.5 Å². The molecule has 7 nitrogen and oxygen atoms in total. The molecule has 0 fully saturated rings. The molecule has 2 atom stereocenters. The number of fused-ring (bicyclic) bond motifs is 1. The molecule has 2 aromatic heterocycles. The third-order valence-corrected chi connectivity index (χ3v) is 4.41. The Hall–Kier alpha value is -2.96. The summed E-state index contributed by atoms with van der Waals surface area (Å²) in [7, 11) is 0. The van der Waals surface area contributed by atoms with Gasteiger partial charge in [-0.25, -0.2) is 4.98 Å². The maximum absolute atomic E-state index is 12.5. The first-order valence-electron chi connectivity index (χ1n) is 7.89. The minimum atomic E-state index is -0.335. The molecule has 122 valence electrons. The van der Waals surface area contributed by atoms with E-state index in [0.717, 1.165) is 18.4 Å². The Bertz CT molecular complexity index is 856. The summed E-state index contributed by atoms with van der Waals surface area (Å²) in [5.41, 5.74) is 2.37. The van der Waals surface area contributed by atoms with Crippen LogP contribution >= 0.6 is 0 Å². The van der Waals surface area contributed by atoms with Gasteiger partial charge in [-0.05, 0) is 24.0 Å². The van der Waals surface area contributed by atoms with Crippen molar-refractivity contribution >= 4 is 5.91 Å². The first-order valence-corrected chi connectivity index (χ1v) is 7.89. The smallest absolute Gasteiger partial charge is 0.293 e. The Balaban J connectivity index is 1.68. The van der Waals surface area contributed by atoms with Gasteiger partial charge in [-0.1, -0.05) is 29.4 Å². The summed E-state index contributed by atoms with van der Waals surface area (Å²) in [4.78, 5) is 20.7. The number of imidazole rings is 1. The second-order valence-corrected chi connectivity index (χ2v) is 5.90. The van der Waals surface area contributed by atoms with Crippen molar-refractivity contribution in [3.8, 4) is 0 Å². The highest BCUT2D eigenvalue weighted by Gasteiger charge is 2.32. The summed E-state index contributed by atoms with van der Waals surface area (Å²) >= 11 is 0. The van der Waals surface area contributed by atoms with Gasteiger partial charge in [0.2, 0.25) is 5.89 Å². The summed E-state index contributed by atoms with van der Waals surface area (Å²) in [5, 5.41) is 6.78. The highest BCUT2D eigenvalue weighted by atomic mass is 16.5. The highest BCUT2D eigenvalue weighted by molar-refractivity contribution is 5.90. The maximum atomic E-state index is 12.5. The molecular weight excluding hydrogens is 306 g/mol. The van der Waals surface area contributed by atoms with Gasteiger partial charge in [-0.15, -0.1) is 0 Å². The molecule has 1 amide bonds. The summed E-state index contributed by atoms with van der Waals surface area (Å²) in [5.74, 6) is 0.0916. The van der Waals surface area contributed by atoms with Crippen LogP contribution in [0.25, 0.3) is 0 Å². The van der Waals surface area contributed by atoms with Gasteiger partial charge >= 0.3 is 0 Å². The fourth-order valence-electron chi connectivity index (χ4n) is 3.30. The second kappa shape index (κ2) is 5.92. The Labute approximate surface area is 138 Å². The third-order valence-electron chi connectivity index (χ3n) is 4.41. The summed E-state index contributed by atoms with van der Waals surface area (Å²) < 4.78 is 6.95. The molecule has 7 heteroatoms. The van der Waals surface area contributed by atoms with Crippen molar-refractivity contribution in [1.82, 2.24) is 25.0 Å². The fourth-order valence-corrected chi connectivity index (χ4v) is 3.30. The van der Waals surface area contributed by atoms with E-state index in [1.165, 1.54) is 5.56 Å². The van der Waals surface area contributed by atoms with Crippen molar-refractivity contribution in [3.05, 3.63) is 65.8 Å². The summed E-state index contributed by atoms with van der Waals surface area (Å²) in [6, 6.07) is 8.11. The Morgan fingerprint density at radius 2 is 2.25 bits per heavy atom. The van der Waals surface area contributed by atoms with Crippen LogP contribution in [0.4, 0.5) is 0 Å². The molecule has 0 aliphatic heterocycles. The number of carbonyl (C=O) groups excluding carboxylic acids is 1. The van der Waals surface area contributed by atoms with Gasteiger partial charge in [0.15, 0.2) is 0 Å². The van der Waals surface area contributed by atoms with E-state index >= 15 is 0 Å². The predicted molar refractivity (Wildman–Crippen MR) is 85.3 cm³/mol. The Morgan fingerprint density at radius 3 is 3.00 bits per heavy atom. The van der Waals surface area contributed by atoms with E-state index in [-0.39, 0.29) is 23.8 Å². The van der Waals surface area contributed by atoms with Gasteiger partial charge < -0.3 is 14.4 Å². The number of nitrogens with one attached hydrogen (secondary N) is 1. The minimum absolute atomic E-state index is 0.0555. The molecule has 3 aromatic rings. The van der Waals surface area contributed by atoms with Gasteiger partial charge in [-0.2, -0.15) is 4.98 Å². The van der Waals surface area contributed by atoms with E-state index in [1.807, 2.05) is 22.9 Å². The molecule has 1 aliphatic carbocycles. The van der Waals surface area contributed by atoms with Crippen LogP contribution in [0.5, 0.6) is 0 Å². The first kappa shape index (κ1) is 14.6. The normalized spacial score (nSPS) is 19.7. The average molecular weight is 323 g/mol. The van der Waals surface area contributed by atoms with E-state index in [2.05, 4.69) is 32.6 Å². The van der Waals surface area contributed by atoms with Crippen LogP contribution in [-0.2, 0) is 6.42 Å². The van der Waals surface area contributed by atoms with Crippen molar-refractivity contribution in [2.24, 2.45) is 0 Å². The third kappa shape index (κ3) is 2.58. The fraction of sp³-hybridized carbons (Fsp3) is 0.294. The molecule has 1 aliphatic rings. The number of benzene rings is 1. The van der Waals surface area contributed by atoms with Crippen LogP contribution in [0, 0.1) is 6.92 Å². The zero-order chi connectivity index (χ0) is 16.5. The molecule has 0 spiro atoms. The molecule has 2 unspecified atom stereocenters. The van der Waals surface area contributed by atoms with Crippen LogP contribution in [0.1, 0.15) is 46.1 Å². The molecular formula is C17H17N5O2. The number of nitrogens with zero attached hydrogens (tertiary/aromatic N) is 4. The number of amides is 1. The zero-order valence-electron chi connectivity index (χ0n) is 13.2. The SMILES string of the molecule is Cc1nc(C(=O)NC2c3ccccc3CCC2n2ccnc2)no1. The molecule has 4 rings (SSSR count). The Morgan fingerprint density at radius 1 is 1.38 bits per heavy atom. The van der Waals surface area contributed by atoms with E-state index in [4.69, 9.17) is 4.52 Å². The van der Waals surface area contributed by atoms with Crippen LogP contribution in [0.3, 0.4) is 0 Å². The molecule has 0 saturated heterocycles. The number of carbonyl (C=O) groups is 1. The predicted octanol–water partition coefficient (Wildman–Crippen LogP) is 2.23. The Kier molecular flexibility index (Phi) is 3.60. The lowest BCUT2D eigenvalue weighted by atomic mass is 9.84.